The maximum Gasteiger partial charge on any atom is 0.303 e. The number of carbonyl (C=O) groups is 1. The van der Waals surface area contributed by atoms with Crippen molar-refractivity contribution in [1.82, 2.24) is 0 Å². The molecule has 0 bridgehead atoms. The van der Waals surface area contributed by atoms with Crippen LogP contribution in [-0.2, 0) is 9.53 Å². The van der Waals surface area contributed by atoms with Gasteiger partial charge in [-0.2, -0.15) is 0 Å². The van der Waals surface area contributed by atoms with E-state index >= 15 is 0 Å². The number of hydrogen-bond acceptors (Lipinski definition) is 2. The highest BCUT2D eigenvalue weighted by atomic mass is 16.6. The molecule has 1 heterocycles. The van der Waals surface area contributed by atoms with Crippen LogP contribution >= 0.6 is 0 Å². The molecule has 1 N–H and O–H groups in total. The van der Waals surface area contributed by atoms with E-state index in [1.54, 1.807) is 0 Å². The average Bonchev–Trinajstić information content (AvgIpc) is 3.27. The minimum atomic E-state index is -0.672. The molecule has 0 aromatic carbocycles. The summed E-state index contributed by atoms with van der Waals surface area (Å²) in [7, 11) is 0. The number of carboxylic acid groups (broad SMARTS) is 1. The van der Waals surface area contributed by atoms with Gasteiger partial charge in [0.05, 0.1) is 12.2 Å². The second kappa shape index (κ2) is 13.6. The third kappa shape index (κ3) is 12.3. The van der Waals surface area contributed by atoms with E-state index in [4.69, 9.17) is 9.84 Å². The third-order valence-electron chi connectivity index (χ3n) is 4.57. The van der Waals surface area contributed by atoms with Gasteiger partial charge in [0.2, 0.25) is 0 Å². The van der Waals surface area contributed by atoms with Gasteiger partial charge < -0.3 is 9.84 Å². The highest BCUT2D eigenvalue weighted by Gasteiger charge is 2.36. The van der Waals surface area contributed by atoms with Crippen molar-refractivity contribution in [2.75, 3.05) is 0 Å². The molecule has 23 heavy (non-hydrogen) atoms. The molecule has 0 aromatic heterocycles. The average molecular weight is 325 g/mol. The number of hydrogen-bond donors (Lipinski definition) is 1. The Balaban J connectivity index is 1.77. The van der Waals surface area contributed by atoms with Crippen molar-refractivity contribution in [2.24, 2.45) is 0 Å². The van der Waals surface area contributed by atoms with Gasteiger partial charge in [-0.15, -0.1) is 0 Å². The molecular weight excluding hydrogens is 288 g/mol. The van der Waals surface area contributed by atoms with E-state index in [9.17, 15) is 4.79 Å². The molecular formula is C20H36O3. The summed E-state index contributed by atoms with van der Waals surface area (Å²) >= 11 is 0. The van der Waals surface area contributed by atoms with Crippen LogP contribution in [0.2, 0.25) is 0 Å². The first kappa shape index (κ1) is 20.2. The second-order valence-corrected chi connectivity index (χ2v) is 6.81. The first-order valence-corrected chi connectivity index (χ1v) is 9.76. The van der Waals surface area contributed by atoms with Crippen LogP contribution in [0.1, 0.15) is 96.8 Å². The van der Waals surface area contributed by atoms with Gasteiger partial charge in [-0.25, -0.2) is 0 Å². The zero-order chi connectivity index (χ0) is 16.8. The van der Waals surface area contributed by atoms with Crippen molar-refractivity contribution in [3.8, 4) is 0 Å². The van der Waals surface area contributed by atoms with Crippen molar-refractivity contribution >= 4 is 5.97 Å². The first-order valence-electron chi connectivity index (χ1n) is 9.76. The number of epoxide rings is 1. The van der Waals surface area contributed by atoms with E-state index in [0.717, 1.165) is 25.7 Å². The fourth-order valence-corrected chi connectivity index (χ4v) is 3.02. The molecule has 1 rings (SSSR count). The topological polar surface area (TPSA) is 49.8 Å². The maximum absolute atomic E-state index is 10.4. The molecule has 1 fully saturated rings. The summed E-state index contributed by atoms with van der Waals surface area (Å²) in [5.74, 6) is -0.672. The zero-order valence-electron chi connectivity index (χ0n) is 15.0. The number of carboxylic acids is 1. The molecule has 0 spiro atoms. The van der Waals surface area contributed by atoms with Gasteiger partial charge >= 0.3 is 5.97 Å². The third-order valence-corrected chi connectivity index (χ3v) is 4.57. The quantitative estimate of drug-likeness (QED) is 0.219. The summed E-state index contributed by atoms with van der Waals surface area (Å²) in [6.45, 7) is 2.25. The molecule has 0 amide bonds. The molecule has 0 aliphatic carbocycles. The van der Waals surface area contributed by atoms with Crippen molar-refractivity contribution in [3.05, 3.63) is 12.2 Å². The van der Waals surface area contributed by atoms with Gasteiger partial charge in [-0.05, 0) is 44.9 Å². The number of aliphatic carboxylic acids is 1. The highest BCUT2D eigenvalue weighted by molar-refractivity contribution is 5.66. The summed E-state index contributed by atoms with van der Waals surface area (Å²) in [5.41, 5.74) is 0. The summed E-state index contributed by atoms with van der Waals surface area (Å²) in [6, 6.07) is 0. The number of ether oxygens (including phenoxy) is 1. The van der Waals surface area contributed by atoms with E-state index in [2.05, 4.69) is 19.1 Å². The first-order chi connectivity index (χ1) is 11.2. The fraction of sp³-hybridized carbons (Fsp3) is 0.850. The molecule has 1 aliphatic rings. The molecule has 3 heteroatoms. The summed E-state index contributed by atoms with van der Waals surface area (Å²) < 4.78 is 5.72. The molecule has 3 nitrogen and oxygen atoms in total. The van der Waals surface area contributed by atoms with Gasteiger partial charge in [0, 0.05) is 6.42 Å². The number of rotatable bonds is 16. The lowest BCUT2D eigenvalue weighted by Crippen LogP contribution is -1.94. The van der Waals surface area contributed by atoms with Gasteiger partial charge in [0.25, 0.3) is 0 Å². The molecule has 0 radical (unpaired) electrons. The predicted octanol–water partition coefficient (Wildman–Crippen LogP) is 5.88. The smallest absolute Gasteiger partial charge is 0.303 e. The van der Waals surface area contributed by atoms with Crippen molar-refractivity contribution in [1.29, 1.82) is 0 Å². The van der Waals surface area contributed by atoms with E-state index in [1.807, 2.05) is 0 Å². The number of unbranched alkanes of at least 4 members (excludes halogenated alkanes) is 8. The van der Waals surface area contributed by atoms with Crippen LogP contribution in [0.15, 0.2) is 12.2 Å². The Hall–Kier alpha value is -0.830. The van der Waals surface area contributed by atoms with Crippen LogP contribution in [0.4, 0.5) is 0 Å². The Morgan fingerprint density at radius 2 is 1.43 bits per heavy atom. The predicted molar refractivity (Wildman–Crippen MR) is 95.7 cm³/mol. The summed E-state index contributed by atoms with van der Waals surface area (Å²) in [6.07, 6.45) is 21.6. The number of allylic oxidation sites excluding steroid dienone is 2. The van der Waals surface area contributed by atoms with Crippen molar-refractivity contribution < 1.29 is 14.6 Å². The SMILES string of the molecule is CCCCC[C@@H]1O[C@@H]1CCCC/C=C\CCCCCCC(=O)O. The molecule has 0 unspecified atom stereocenters. The molecule has 1 saturated heterocycles. The minimum absolute atomic E-state index is 0.319. The minimum Gasteiger partial charge on any atom is -0.481 e. The van der Waals surface area contributed by atoms with Crippen LogP contribution in [-0.4, -0.2) is 23.3 Å². The Labute approximate surface area is 142 Å². The highest BCUT2D eigenvalue weighted by Crippen LogP contribution is 2.31. The Morgan fingerprint density at radius 3 is 2.04 bits per heavy atom. The van der Waals surface area contributed by atoms with Gasteiger partial charge in [-0.3, -0.25) is 4.79 Å². The lowest BCUT2D eigenvalue weighted by Gasteiger charge is -1.98. The normalized spacial score (nSPS) is 20.2. The maximum atomic E-state index is 10.4. The standard InChI is InChI=1S/C20H36O3/c1-2-3-12-15-18-19(23-18)16-13-10-8-6-4-5-7-9-11-14-17-20(21)22/h4,6,18-19H,2-3,5,7-17H2,1H3,(H,21,22)/b6-4-/t18-,19+/m0/s1. The Kier molecular flexibility index (Phi) is 11.9. The second-order valence-electron chi connectivity index (χ2n) is 6.81. The van der Waals surface area contributed by atoms with Crippen LogP contribution in [0, 0.1) is 0 Å². The van der Waals surface area contributed by atoms with E-state index in [-0.39, 0.29) is 0 Å². The molecule has 1 aliphatic heterocycles. The van der Waals surface area contributed by atoms with Crippen LogP contribution in [0.5, 0.6) is 0 Å². The molecule has 134 valence electrons. The molecule has 2 atom stereocenters. The van der Waals surface area contributed by atoms with E-state index in [1.165, 1.54) is 57.8 Å². The lowest BCUT2D eigenvalue weighted by molar-refractivity contribution is -0.137. The van der Waals surface area contributed by atoms with Gasteiger partial charge in [0.1, 0.15) is 0 Å². The summed E-state index contributed by atoms with van der Waals surface area (Å²) in [5, 5.41) is 8.54. The van der Waals surface area contributed by atoms with Crippen LogP contribution < -0.4 is 0 Å². The van der Waals surface area contributed by atoms with E-state index in [0.29, 0.717) is 18.6 Å². The lowest BCUT2D eigenvalue weighted by atomic mass is 10.1. The largest absolute Gasteiger partial charge is 0.481 e. The fourth-order valence-electron chi connectivity index (χ4n) is 3.02. The van der Waals surface area contributed by atoms with Crippen molar-refractivity contribution in [3.63, 3.8) is 0 Å². The van der Waals surface area contributed by atoms with Crippen LogP contribution in [0.25, 0.3) is 0 Å². The van der Waals surface area contributed by atoms with E-state index < -0.39 is 5.97 Å². The molecule has 0 aromatic rings. The molecule has 0 saturated carbocycles. The zero-order valence-corrected chi connectivity index (χ0v) is 15.0. The van der Waals surface area contributed by atoms with Gasteiger partial charge in [0.15, 0.2) is 0 Å². The Morgan fingerprint density at radius 1 is 0.870 bits per heavy atom. The summed E-state index contributed by atoms with van der Waals surface area (Å²) in [4.78, 5) is 10.4. The van der Waals surface area contributed by atoms with Crippen LogP contribution in [0.3, 0.4) is 0 Å². The van der Waals surface area contributed by atoms with Gasteiger partial charge in [-0.1, -0.05) is 57.6 Å². The Bertz CT molecular complexity index is 325. The monoisotopic (exact) mass is 324 g/mol. The van der Waals surface area contributed by atoms with Crippen molar-refractivity contribution in [2.45, 2.75) is 109 Å².